The van der Waals surface area contributed by atoms with E-state index in [2.05, 4.69) is 92.7 Å². The predicted octanol–water partition coefficient (Wildman–Crippen LogP) is 2.76. The minimum Gasteiger partial charge on any atom is -0.361 e. The summed E-state index contributed by atoms with van der Waals surface area (Å²) >= 11 is 0. The number of nitrogens with one attached hydrogen (secondary N) is 2. The number of benzene rings is 2. The molecule has 150 valence electrons. The number of fused-ring (bicyclic) bond motifs is 2. The van der Waals surface area contributed by atoms with Crippen molar-refractivity contribution >= 4 is 28.9 Å². The topological polar surface area (TPSA) is 82.1 Å². The molecule has 4 aromatic rings. The van der Waals surface area contributed by atoms with Crippen LogP contribution in [0.15, 0.2) is 66.2 Å². The zero-order valence-electron chi connectivity index (χ0n) is 16.9. The minimum absolute atomic E-state index is 0.0246. The van der Waals surface area contributed by atoms with Crippen LogP contribution in [0.1, 0.15) is 18.9 Å². The Morgan fingerprint density at radius 3 is 2.77 bits per heavy atom. The van der Waals surface area contributed by atoms with E-state index in [1.807, 2.05) is 6.07 Å². The second-order valence-electron chi connectivity index (χ2n) is 7.40. The smallest absolute Gasteiger partial charge is 0.182 e. The third kappa shape index (κ3) is 3.18. The van der Waals surface area contributed by atoms with Crippen LogP contribution >= 0.6 is 0 Å². The van der Waals surface area contributed by atoms with E-state index in [4.69, 9.17) is 4.99 Å². The lowest BCUT2D eigenvalue weighted by Gasteiger charge is -2.36. The lowest BCUT2D eigenvalue weighted by atomic mass is 10.1. The van der Waals surface area contributed by atoms with Gasteiger partial charge in [0, 0.05) is 17.1 Å². The fraction of sp³-hybridized carbons (Fsp3) is 0.217. The number of aromatic nitrogens is 4. The van der Waals surface area contributed by atoms with Crippen molar-refractivity contribution in [3.05, 3.63) is 77.3 Å². The summed E-state index contributed by atoms with van der Waals surface area (Å²) in [6.45, 7) is 4.28. The number of anilines is 2. The SMILES string of the molecule is CCC(Nc1ncnc2nc[nH]c12)C1N=c2cccc(C)c2=CN1c1ccccc1. The largest absolute Gasteiger partial charge is 0.361 e. The van der Waals surface area contributed by atoms with Gasteiger partial charge in [-0.05, 0) is 37.1 Å². The number of H-pyrrole nitrogens is 1. The second kappa shape index (κ2) is 7.59. The Bertz CT molecular complexity index is 1300. The molecule has 1 aliphatic heterocycles. The van der Waals surface area contributed by atoms with Crippen LogP contribution in [0.2, 0.25) is 0 Å². The van der Waals surface area contributed by atoms with Gasteiger partial charge in [0.05, 0.1) is 17.7 Å². The average molecular weight is 397 g/mol. The van der Waals surface area contributed by atoms with Crippen LogP contribution in [0.5, 0.6) is 0 Å². The Kier molecular flexibility index (Phi) is 4.63. The number of hydrogen-bond donors (Lipinski definition) is 2. The van der Waals surface area contributed by atoms with Crippen molar-refractivity contribution < 1.29 is 0 Å². The first-order valence-corrected chi connectivity index (χ1v) is 10.1. The summed E-state index contributed by atoms with van der Waals surface area (Å²) in [4.78, 5) is 23.5. The highest BCUT2D eigenvalue weighted by Crippen LogP contribution is 2.25. The highest BCUT2D eigenvalue weighted by molar-refractivity contribution is 5.82. The summed E-state index contributed by atoms with van der Waals surface area (Å²) < 4.78 is 0. The molecule has 0 fully saturated rings. The number of aromatic amines is 1. The summed E-state index contributed by atoms with van der Waals surface area (Å²) in [6.07, 6.45) is 6.13. The molecule has 7 heteroatoms. The Labute approximate surface area is 174 Å². The molecule has 0 amide bonds. The van der Waals surface area contributed by atoms with Crippen molar-refractivity contribution in [1.29, 1.82) is 0 Å². The van der Waals surface area contributed by atoms with E-state index in [0.717, 1.165) is 34.0 Å². The molecule has 0 aliphatic carbocycles. The summed E-state index contributed by atoms with van der Waals surface area (Å²) in [7, 11) is 0. The molecule has 0 radical (unpaired) electrons. The quantitative estimate of drug-likeness (QED) is 0.541. The maximum absolute atomic E-state index is 5.16. The molecule has 2 aromatic carbocycles. The van der Waals surface area contributed by atoms with Crippen molar-refractivity contribution in [3.63, 3.8) is 0 Å². The number of rotatable bonds is 5. The van der Waals surface area contributed by atoms with Crippen LogP contribution in [0.4, 0.5) is 11.5 Å². The number of para-hydroxylation sites is 1. The van der Waals surface area contributed by atoms with Gasteiger partial charge in [-0.15, -0.1) is 0 Å². The number of nitrogens with zero attached hydrogens (tertiary/aromatic N) is 5. The van der Waals surface area contributed by atoms with Gasteiger partial charge < -0.3 is 15.2 Å². The van der Waals surface area contributed by atoms with Gasteiger partial charge in [-0.25, -0.2) is 15.0 Å². The molecule has 0 saturated carbocycles. The molecule has 0 spiro atoms. The third-order valence-electron chi connectivity index (χ3n) is 5.52. The Morgan fingerprint density at radius 2 is 1.93 bits per heavy atom. The number of aryl methyl sites for hydroxylation is 1. The van der Waals surface area contributed by atoms with Crippen molar-refractivity contribution in [2.75, 3.05) is 10.2 Å². The number of hydrogen-bond acceptors (Lipinski definition) is 6. The standard InChI is InChI=1S/C23H23N7/c1-3-18(28-22-20-21(25-13-24-20)26-14-27-22)23-29-19-11-7-8-15(2)17(19)12-30(23)16-9-5-4-6-10-16/h4-14,18,23H,3H2,1-2H3,(H2,24,25,26,27,28). The molecule has 2 atom stereocenters. The molecule has 0 saturated heterocycles. The molecular weight excluding hydrogens is 374 g/mol. The van der Waals surface area contributed by atoms with Crippen LogP contribution in [0.3, 0.4) is 0 Å². The van der Waals surface area contributed by atoms with Gasteiger partial charge in [0.15, 0.2) is 11.5 Å². The van der Waals surface area contributed by atoms with E-state index >= 15 is 0 Å². The van der Waals surface area contributed by atoms with Crippen molar-refractivity contribution in [2.24, 2.45) is 4.99 Å². The van der Waals surface area contributed by atoms with Crippen molar-refractivity contribution in [2.45, 2.75) is 32.5 Å². The van der Waals surface area contributed by atoms with Gasteiger partial charge in [-0.3, -0.25) is 4.99 Å². The monoisotopic (exact) mass is 397 g/mol. The molecule has 1 aliphatic rings. The highest BCUT2D eigenvalue weighted by atomic mass is 15.3. The van der Waals surface area contributed by atoms with Crippen molar-refractivity contribution in [1.82, 2.24) is 19.9 Å². The Balaban J connectivity index is 1.61. The van der Waals surface area contributed by atoms with E-state index < -0.39 is 0 Å². The van der Waals surface area contributed by atoms with Gasteiger partial charge in [0.2, 0.25) is 0 Å². The first-order valence-electron chi connectivity index (χ1n) is 10.1. The second-order valence-corrected chi connectivity index (χ2v) is 7.40. The predicted molar refractivity (Wildman–Crippen MR) is 119 cm³/mol. The molecule has 5 rings (SSSR count). The van der Waals surface area contributed by atoms with Gasteiger partial charge in [-0.1, -0.05) is 37.3 Å². The summed E-state index contributed by atoms with van der Waals surface area (Å²) in [5, 5.41) is 5.77. The van der Waals surface area contributed by atoms with Crippen LogP contribution < -0.4 is 20.8 Å². The number of imidazole rings is 1. The van der Waals surface area contributed by atoms with Crippen LogP contribution in [-0.2, 0) is 0 Å². The van der Waals surface area contributed by atoms with Crippen molar-refractivity contribution in [3.8, 4) is 0 Å². The molecule has 30 heavy (non-hydrogen) atoms. The zero-order chi connectivity index (χ0) is 20.5. The Morgan fingerprint density at radius 1 is 1.07 bits per heavy atom. The molecule has 2 N–H and O–H groups in total. The Hall–Kier alpha value is -3.74. The highest BCUT2D eigenvalue weighted by Gasteiger charge is 2.28. The van der Waals surface area contributed by atoms with Gasteiger partial charge in [-0.2, -0.15) is 0 Å². The van der Waals surface area contributed by atoms with E-state index in [1.54, 1.807) is 6.33 Å². The van der Waals surface area contributed by atoms with E-state index in [0.29, 0.717) is 5.65 Å². The van der Waals surface area contributed by atoms with Crippen LogP contribution in [0, 0.1) is 6.92 Å². The summed E-state index contributed by atoms with van der Waals surface area (Å²) in [6, 6.07) is 16.7. The fourth-order valence-electron chi connectivity index (χ4n) is 3.91. The molecular formula is C23H23N7. The van der Waals surface area contributed by atoms with Gasteiger partial charge in [0.25, 0.3) is 0 Å². The van der Waals surface area contributed by atoms with E-state index in [-0.39, 0.29) is 12.2 Å². The summed E-state index contributed by atoms with van der Waals surface area (Å²) in [5.74, 6) is 0.739. The van der Waals surface area contributed by atoms with Crippen LogP contribution in [0.25, 0.3) is 17.4 Å². The summed E-state index contributed by atoms with van der Waals surface area (Å²) in [5.41, 5.74) is 3.77. The molecule has 0 bridgehead atoms. The third-order valence-corrected chi connectivity index (χ3v) is 5.52. The van der Waals surface area contributed by atoms with E-state index in [9.17, 15) is 0 Å². The first-order chi connectivity index (χ1) is 14.7. The van der Waals surface area contributed by atoms with Crippen LogP contribution in [-0.4, -0.2) is 32.1 Å². The molecule has 2 aromatic heterocycles. The molecule has 7 nitrogen and oxygen atoms in total. The van der Waals surface area contributed by atoms with E-state index in [1.165, 1.54) is 11.9 Å². The lowest BCUT2D eigenvalue weighted by Crippen LogP contribution is -2.50. The molecule has 2 unspecified atom stereocenters. The fourth-order valence-corrected chi connectivity index (χ4v) is 3.91. The maximum atomic E-state index is 5.16. The zero-order valence-corrected chi connectivity index (χ0v) is 16.9. The van der Waals surface area contributed by atoms with Gasteiger partial charge >= 0.3 is 0 Å². The first kappa shape index (κ1) is 18.3. The molecule has 3 heterocycles. The minimum atomic E-state index is -0.125. The maximum Gasteiger partial charge on any atom is 0.182 e. The average Bonchev–Trinajstić information content (AvgIpc) is 3.27. The normalized spacial score (nSPS) is 16.5. The van der Waals surface area contributed by atoms with Gasteiger partial charge in [0.1, 0.15) is 18.0 Å². The lowest BCUT2D eigenvalue weighted by molar-refractivity contribution is 0.538.